The van der Waals surface area contributed by atoms with Crippen molar-refractivity contribution in [1.29, 1.82) is 0 Å². The highest BCUT2D eigenvalue weighted by Gasteiger charge is 2.19. The summed E-state index contributed by atoms with van der Waals surface area (Å²) in [5.41, 5.74) is 0.843. The lowest BCUT2D eigenvalue weighted by Crippen LogP contribution is -2.25. The molecule has 8 nitrogen and oxygen atoms in total. The average Bonchev–Trinajstić information content (AvgIpc) is 3.06. The topological polar surface area (TPSA) is 98.5 Å². The van der Waals surface area contributed by atoms with E-state index in [1.807, 2.05) is 30.3 Å². The minimum atomic E-state index is -0.619. The van der Waals surface area contributed by atoms with E-state index in [2.05, 4.69) is 30.7 Å². The molecule has 3 aromatic rings. The first kappa shape index (κ1) is 13.8. The van der Waals surface area contributed by atoms with Crippen molar-refractivity contribution < 1.29 is 4.79 Å². The Balaban J connectivity index is 1.74. The molecule has 0 spiro atoms. The van der Waals surface area contributed by atoms with Crippen molar-refractivity contribution in [2.45, 2.75) is 13.0 Å². The zero-order valence-electron chi connectivity index (χ0n) is 11.8. The summed E-state index contributed by atoms with van der Waals surface area (Å²) in [6.45, 7) is 1.68. The number of carbonyl (C=O) groups excluding carboxylic acids is 1. The molecular formula is C14H13N7O. The molecule has 0 saturated heterocycles. The Hall–Kier alpha value is -3.16. The molecule has 110 valence electrons. The normalized spacial score (nSPS) is 11.9. The van der Waals surface area contributed by atoms with Crippen LogP contribution in [0.1, 0.15) is 13.0 Å². The van der Waals surface area contributed by atoms with Crippen LogP contribution in [0.2, 0.25) is 0 Å². The standard InChI is InChI=1S/C14H13N7O/c1-10(14(22)17-12-9-15-7-8-16-12)21-19-13(18-20-21)11-5-3-2-4-6-11/h2-10H,1H3,(H,16,17,22). The van der Waals surface area contributed by atoms with Gasteiger partial charge in [0.05, 0.1) is 6.20 Å². The number of amides is 1. The highest BCUT2D eigenvalue weighted by Crippen LogP contribution is 2.14. The van der Waals surface area contributed by atoms with Crippen LogP contribution < -0.4 is 5.32 Å². The van der Waals surface area contributed by atoms with Gasteiger partial charge in [-0.3, -0.25) is 9.78 Å². The van der Waals surface area contributed by atoms with Gasteiger partial charge in [-0.15, -0.1) is 10.2 Å². The molecule has 0 aliphatic heterocycles. The third-order valence-corrected chi connectivity index (χ3v) is 3.00. The van der Waals surface area contributed by atoms with Crippen LogP contribution in [0.25, 0.3) is 11.4 Å². The number of carbonyl (C=O) groups is 1. The number of tetrazole rings is 1. The predicted octanol–water partition coefficient (Wildman–Crippen LogP) is 1.33. The van der Waals surface area contributed by atoms with E-state index in [-0.39, 0.29) is 5.91 Å². The summed E-state index contributed by atoms with van der Waals surface area (Å²) in [7, 11) is 0. The van der Waals surface area contributed by atoms with E-state index in [0.717, 1.165) is 5.56 Å². The van der Waals surface area contributed by atoms with Crippen LogP contribution in [0.3, 0.4) is 0 Å². The maximum atomic E-state index is 12.2. The summed E-state index contributed by atoms with van der Waals surface area (Å²) in [5, 5.41) is 14.8. The molecule has 1 unspecified atom stereocenters. The number of anilines is 1. The Bertz CT molecular complexity index is 757. The van der Waals surface area contributed by atoms with Crippen molar-refractivity contribution in [2.24, 2.45) is 0 Å². The Labute approximate surface area is 126 Å². The number of nitrogens with one attached hydrogen (secondary N) is 1. The first-order chi connectivity index (χ1) is 10.7. The van der Waals surface area contributed by atoms with Crippen LogP contribution >= 0.6 is 0 Å². The van der Waals surface area contributed by atoms with Crippen molar-refractivity contribution >= 4 is 11.7 Å². The maximum absolute atomic E-state index is 12.2. The van der Waals surface area contributed by atoms with Gasteiger partial charge in [0, 0.05) is 18.0 Å². The summed E-state index contributed by atoms with van der Waals surface area (Å²) >= 11 is 0. The molecule has 0 aliphatic rings. The lowest BCUT2D eigenvalue weighted by Gasteiger charge is -2.09. The lowest BCUT2D eigenvalue weighted by molar-refractivity contribution is -0.119. The molecule has 1 aromatic carbocycles. The fraction of sp³-hybridized carbons (Fsp3) is 0.143. The minimum Gasteiger partial charge on any atom is -0.307 e. The van der Waals surface area contributed by atoms with Crippen LogP contribution in [-0.2, 0) is 4.79 Å². The SMILES string of the molecule is CC(C(=O)Nc1cnccn1)n1nnc(-c2ccccc2)n1. The van der Waals surface area contributed by atoms with E-state index in [1.165, 1.54) is 23.4 Å². The highest BCUT2D eigenvalue weighted by molar-refractivity contribution is 5.92. The second-order valence-corrected chi connectivity index (χ2v) is 4.56. The van der Waals surface area contributed by atoms with Gasteiger partial charge >= 0.3 is 0 Å². The van der Waals surface area contributed by atoms with Crippen molar-refractivity contribution in [3.8, 4) is 11.4 Å². The molecular weight excluding hydrogens is 282 g/mol. The molecule has 22 heavy (non-hydrogen) atoms. The number of aromatic nitrogens is 6. The summed E-state index contributed by atoms with van der Waals surface area (Å²) in [5.74, 6) is 0.556. The smallest absolute Gasteiger partial charge is 0.252 e. The van der Waals surface area contributed by atoms with E-state index < -0.39 is 6.04 Å². The second kappa shape index (κ2) is 6.08. The van der Waals surface area contributed by atoms with Gasteiger partial charge in [0.25, 0.3) is 5.91 Å². The molecule has 1 atom stereocenters. The third kappa shape index (κ3) is 2.95. The van der Waals surface area contributed by atoms with Crippen molar-refractivity contribution in [2.75, 3.05) is 5.32 Å². The maximum Gasteiger partial charge on any atom is 0.252 e. The Morgan fingerprint density at radius 2 is 2.05 bits per heavy atom. The number of benzene rings is 1. The molecule has 0 saturated carbocycles. The Morgan fingerprint density at radius 3 is 2.77 bits per heavy atom. The molecule has 2 aromatic heterocycles. The van der Waals surface area contributed by atoms with Gasteiger partial charge in [-0.25, -0.2) is 4.98 Å². The van der Waals surface area contributed by atoms with Gasteiger partial charge in [0.1, 0.15) is 6.04 Å². The largest absolute Gasteiger partial charge is 0.307 e. The molecule has 3 rings (SSSR count). The van der Waals surface area contributed by atoms with Crippen LogP contribution in [0.4, 0.5) is 5.82 Å². The Morgan fingerprint density at radius 1 is 1.23 bits per heavy atom. The van der Waals surface area contributed by atoms with Crippen molar-refractivity contribution in [3.05, 3.63) is 48.9 Å². The number of nitrogens with zero attached hydrogens (tertiary/aromatic N) is 6. The van der Waals surface area contributed by atoms with Crippen LogP contribution in [0, 0.1) is 0 Å². The quantitative estimate of drug-likeness (QED) is 0.779. The van der Waals surface area contributed by atoms with Gasteiger partial charge in [0.15, 0.2) is 5.82 Å². The minimum absolute atomic E-state index is 0.294. The van der Waals surface area contributed by atoms with Gasteiger partial charge in [-0.1, -0.05) is 30.3 Å². The monoisotopic (exact) mass is 295 g/mol. The summed E-state index contributed by atoms with van der Waals surface area (Å²) < 4.78 is 0. The van der Waals surface area contributed by atoms with E-state index >= 15 is 0 Å². The first-order valence-electron chi connectivity index (χ1n) is 6.66. The van der Waals surface area contributed by atoms with E-state index in [1.54, 1.807) is 6.92 Å². The molecule has 1 N–H and O–H groups in total. The van der Waals surface area contributed by atoms with E-state index in [0.29, 0.717) is 11.6 Å². The molecule has 0 aliphatic carbocycles. The van der Waals surface area contributed by atoms with Gasteiger partial charge in [-0.05, 0) is 12.1 Å². The zero-order chi connectivity index (χ0) is 15.4. The molecule has 0 bridgehead atoms. The molecule has 2 heterocycles. The van der Waals surface area contributed by atoms with Gasteiger partial charge in [0.2, 0.25) is 5.82 Å². The number of hydrogen-bond donors (Lipinski definition) is 1. The summed E-state index contributed by atoms with van der Waals surface area (Å²) in [6, 6.07) is 8.83. The van der Waals surface area contributed by atoms with E-state index in [9.17, 15) is 4.79 Å². The predicted molar refractivity (Wildman–Crippen MR) is 78.6 cm³/mol. The number of hydrogen-bond acceptors (Lipinski definition) is 6. The van der Waals surface area contributed by atoms with Crippen molar-refractivity contribution in [3.63, 3.8) is 0 Å². The van der Waals surface area contributed by atoms with Crippen LogP contribution in [-0.4, -0.2) is 36.1 Å². The third-order valence-electron chi connectivity index (χ3n) is 3.00. The molecule has 0 fully saturated rings. The molecule has 1 amide bonds. The van der Waals surface area contributed by atoms with Gasteiger partial charge < -0.3 is 5.32 Å². The lowest BCUT2D eigenvalue weighted by atomic mass is 10.2. The Kier molecular flexibility index (Phi) is 3.82. The molecule has 8 heteroatoms. The second-order valence-electron chi connectivity index (χ2n) is 4.56. The average molecular weight is 295 g/mol. The first-order valence-corrected chi connectivity index (χ1v) is 6.66. The van der Waals surface area contributed by atoms with Crippen molar-refractivity contribution in [1.82, 2.24) is 30.2 Å². The fourth-order valence-corrected chi connectivity index (χ4v) is 1.79. The fourth-order valence-electron chi connectivity index (χ4n) is 1.79. The zero-order valence-corrected chi connectivity index (χ0v) is 11.8. The highest BCUT2D eigenvalue weighted by atomic mass is 16.2. The molecule has 0 radical (unpaired) electrons. The summed E-state index contributed by atoms with van der Waals surface area (Å²) in [4.78, 5) is 21.3. The number of rotatable bonds is 4. The van der Waals surface area contributed by atoms with Crippen LogP contribution in [0.15, 0.2) is 48.9 Å². The van der Waals surface area contributed by atoms with Crippen LogP contribution in [0.5, 0.6) is 0 Å². The van der Waals surface area contributed by atoms with E-state index in [4.69, 9.17) is 0 Å². The summed E-state index contributed by atoms with van der Waals surface area (Å²) in [6.07, 6.45) is 4.50. The van der Waals surface area contributed by atoms with Gasteiger partial charge in [-0.2, -0.15) is 4.80 Å².